The Labute approximate surface area is 70.3 Å². The Morgan fingerprint density at radius 3 is 3.08 bits per heavy atom. The van der Waals surface area contributed by atoms with E-state index in [2.05, 4.69) is 5.10 Å². The number of aliphatic hydroxyl groups is 1. The number of hydrogen-bond donors (Lipinski definition) is 1. The predicted octanol–water partition coefficient (Wildman–Crippen LogP) is 1.14. The number of aryl methyl sites for hydroxylation is 1. The van der Waals surface area contributed by atoms with E-state index >= 15 is 0 Å². The van der Waals surface area contributed by atoms with Crippen molar-refractivity contribution in [2.75, 3.05) is 0 Å². The monoisotopic (exact) mass is 162 g/mol. The van der Waals surface area contributed by atoms with Crippen LogP contribution < -0.4 is 0 Å². The zero-order chi connectivity index (χ0) is 8.55. The van der Waals surface area contributed by atoms with Crippen molar-refractivity contribution in [2.24, 2.45) is 0 Å². The Balaban J connectivity index is 2.81. The first-order chi connectivity index (χ1) is 5.83. The molecular weight excluding hydrogens is 152 g/mol. The van der Waals surface area contributed by atoms with Crippen molar-refractivity contribution >= 4 is 5.52 Å². The first-order valence-electron chi connectivity index (χ1n) is 3.86. The molecule has 0 atom stereocenters. The minimum absolute atomic E-state index is 0.0262. The van der Waals surface area contributed by atoms with Crippen LogP contribution in [0.3, 0.4) is 0 Å². The van der Waals surface area contributed by atoms with Gasteiger partial charge >= 0.3 is 0 Å². The average molecular weight is 162 g/mol. The van der Waals surface area contributed by atoms with Gasteiger partial charge in [-0.2, -0.15) is 5.10 Å². The second-order valence-electron chi connectivity index (χ2n) is 2.80. The van der Waals surface area contributed by atoms with Gasteiger partial charge < -0.3 is 5.11 Å². The lowest BCUT2D eigenvalue weighted by Gasteiger charge is -1.99. The number of rotatable bonds is 1. The number of aliphatic hydroxyl groups excluding tert-OH is 1. The lowest BCUT2D eigenvalue weighted by atomic mass is 10.3. The first-order valence-corrected chi connectivity index (χ1v) is 3.86. The lowest BCUT2D eigenvalue weighted by Crippen LogP contribution is -1.96. The molecule has 0 unspecified atom stereocenters. The van der Waals surface area contributed by atoms with Crippen LogP contribution in [0.4, 0.5) is 0 Å². The molecule has 0 spiro atoms. The highest BCUT2D eigenvalue weighted by Gasteiger charge is 2.01. The summed E-state index contributed by atoms with van der Waals surface area (Å²) in [5.74, 6) is 0. The number of hydrogen-bond acceptors (Lipinski definition) is 2. The van der Waals surface area contributed by atoms with Gasteiger partial charge in [-0.25, -0.2) is 4.52 Å². The third-order valence-corrected chi connectivity index (χ3v) is 1.98. The van der Waals surface area contributed by atoms with E-state index in [0.717, 1.165) is 16.8 Å². The van der Waals surface area contributed by atoms with Crippen LogP contribution in [0.5, 0.6) is 0 Å². The van der Waals surface area contributed by atoms with Gasteiger partial charge in [-0.1, -0.05) is 6.07 Å². The smallest absolute Gasteiger partial charge is 0.0853 e. The van der Waals surface area contributed by atoms with Gasteiger partial charge in [-0.3, -0.25) is 0 Å². The summed E-state index contributed by atoms with van der Waals surface area (Å²) in [6, 6.07) is 5.77. The second kappa shape index (κ2) is 2.60. The minimum atomic E-state index is 0.0262. The fraction of sp³-hybridized carbons (Fsp3) is 0.222. The summed E-state index contributed by atoms with van der Waals surface area (Å²) in [4.78, 5) is 0. The van der Waals surface area contributed by atoms with E-state index in [0.29, 0.717) is 0 Å². The van der Waals surface area contributed by atoms with Crippen molar-refractivity contribution in [3.05, 3.63) is 35.7 Å². The van der Waals surface area contributed by atoms with Gasteiger partial charge in [0.25, 0.3) is 0 Å². The van der Waals surface area contributed by atoms with E-state index < -0.39 is 0 Å². The highest BCUT2D eigenvalue weighted by Crippen LogP contribution is 2.10. The number of pyridine rings is 1. The van der Waals surface area contributed by atoms with E-state index in [1.54, 1.807) is 10.7 Å². The number of fused-ring (bicyclic) bond motifs is 1. The summed E-state index contributed by atoms with van der Waals surface area (Å²) in [7, 11) is 0. The normalized spacial score (nSPS) is 10.8. The van der Waals surface area contributed by atoms with Crippen molar-refractivity contribution in [3.63, 3.8) is 0 Å². The molecule has 0 radical (unpaired) electrons. The Hall–Kier alpha value is -1.35. The van der Waals surface area contributed by atoms with Gasteiger partial charge in [0.05, 0.1) is 24.0 Å². The third kappa shape index (κ3) is 0.905. The van der Waals surface area contributed by atoms with Gasteiger partial charge in [0, 0.05) is 0 Å². The zero-order valence-electron chi connectivity index (χ0n) is 6.86. The molecule has 0 aromatic carbocycles. The fourth-order valence-corrected chi connectivity index (χ4v) is 1.31. The summed E-state index contributed by atoms with van der Waals surface area (Å²) in [6.07, 6.45) is 1.80. The summed E-state index contributed by atoms with van der Waals surface area (Å²) < 4.78 is 1.76. The van der Waals surface area contributed by atoms with E-state index in [-0.39, 0.29) is 6.61 Å². The summed E-state index contributed by atoms with van der Waals surface area (Å²) in [5.41, 5.74) is 3.01. The van der Waals surface area contributed by atoms with Crippen molar-refractivity contribution in [2.45, 2.75) is 13.5 Å². The summed E-state index contributed by atoms with van der Waals surface area (Å²) in [5, 5.41) is 13.1. The molecule has 0 aliphatic heterocycles. The van der Waals surface area contributed by atoms with Crippen LogP contribution in [-0.4, -0.2) is 14.7 Å². The SMILES string of the molecule is Cc1cnn2c(CO)cccc12. The third-order valence-electron chi connectivity index (χ3n) is 1.98. The zero-order valence-corrected chi connectivity index (χ0v) is 6.86. The number of nitrogens with zero attached hydrogens (tertiary/aromatic N) is 2. The Morgan fingerprint density at radius 2 is 2.33 bits per heavy atom. The highest BCUT2D eigenvalue weighted by molar-refractivity contribution is 5.53. The van der Waals surface area contributed by atoms with Crippen LogP contribution >= 0.6 is 0 Å². The molecule has 0 aliphatic rings. The largest absolute Gasteiger partial charge is 0.390 e. The van der Waals surface area contributed by atoms with Crippen molar-refractivity contribution in [3.8, 4) is 0 Å². The summed E-state index contributed by atoms with van der Waals surface area (Å²) in [6.45, 7) is 2.03. The Bertz CT molecular complexity index is 406. The topological polar surface area (TPSA) is 37.5 Å². The van der Waals surface area contributed by atoms with Crippen LogP contribution in [0.2, 0.25) is 0 Å². The van der Waals surface area contributed by atoms with E-state index in [4.69, 9.17) is 5.11 Å². The standard InChI is InChI=1S/C9H10N2O/c1-7-5-10-11-8(6-12)3-2-4-9(7)11/h2-5,12H,6H2,1H3. The molecule has 2 aromatic heterocycles. The van der Waals surface area contributed by atoms with Crippen LogP contribution in [0.25, 0.3) is 5.52 Å². The summed E-state index contributed by atoms with van der Waals surface area (Å²) >= 11 is 0. The van der Waals surface area contributed by atoms with Crippen LogP contribution in [0, 0.1) is 6.92 Å². The van der Waals surface area contributed by atoms with Crippen molar-refractivity contribution in [1.29, 1.82) is 0 Å². The maximum atomic E-state index is 8.98. The molecule has 1 N–H and O–H groups in total. The Morgan fingerprint density at radius 1 is 1.50 bits per heavy atom. The van der Waals surface area contributed by atoms with E-state index in [9.17, 15) is 0 Å². The highest BCUT2D eigenvalue weighted by atomic mass is 16.3. The minimum Gasteiger partial charge on any atom is -0.390 e. The molecule has 0 amide bonds. The van der Waals surface area contributed by atoms with Gasteiger partial charge in [-0.05, 0) is 24.6 Å². The lowest BCUT2D eigenvalue weighted by molar-refractivity contribution is 0.273. The van der Waals surface area contributed by atoms with Crippen LogP contribution in [0.15, 0.2) is 24.4 Å². The van der Waals surface area contributed by atoms with Crippen molar-refractivity contribution < 1.29 is 5.11 Å². The van der Waals surface area contributed by atoms with Gasteiger partial charge in [0.2, 0.25) is 0 Å². The quantitative estimate of drug-likeness (QED) is 0.682. The van der Waals surface area contributed by atoms with Gasteiger partial charge in [-0.15, -0.1) is 0 Å². The Kier molecular flexibility index (Phi) is 1.59. The molecule has 3 heteroatoms. The molecule has 3 nitrogen and oxygen atoms in total. The molecule has 2 aromatic rings. The maximum absolute atomic E-state index is 8.98. The fourth-order valence-electron chi connectivity index (χ4n) is 1.31. The molecule has 12 heavy (non-hydrogen) atoms. The molecule has 2 heterocycles. The van der Waals surface area contributed by atoms with Crippen LogP contribution in [-0.2, 0) is 6.61 Å². The second-order valence-corrected chi connectivity index (χ2v) is 2.80. The van der Waals surface area contributed by atoms with E-state index in [1.165, 1.54) is 0 Å². The average Bonchev–Trinajstić information content (AvgIpc) is 2.48. The molecule has 0 bridgehead atoms. The van der Waals surface area contributed by atoms with Crippen molar-refractivity contribution in [1.82, 2.24) is 9.61 Å². The molecule has 0 aliphatic carbocycles. The molecule has 0 saturated carbocycles. The molecule has 62 valence electrons. The molecular formula is C9H10N2O. The predicted molar refractivity (Wildman–Crippen MR) is 45.9 cm³/mol. The van der Waals surface area contributed by atoms with Gasteiger partial charge in [0.1, 0.15) is 0 Å². The van der Waals surface area contributed by atoms with E-state index in [1.807, 2.05) is 25.1 Å². The molecule has 0 saturated heterocycles. The number of aromatic nitrogens is 2. The molecule has 0 fully saturated rings. The maximum Gasteiger partial charge on any atom is 0.0853 e. The molecule has 2 rings (SSSR count). The van der Waals surface area contributed by atoms with Crippen LogP contribution in [0.1, 0.15) is 11.3 Å². The van der Waals surface area contributed by atoms with Gasteiger partial charge in [0.15, 0.2) is 0 Å². The first kappa shape index (κ1) is 7.31.